The Kier molecular flexibility index (Phi) is 4.23. The molecule has 0 spiro atoms. The van der Waals surface area contributed by atoms with Gasteiger partial charge in [0.05, 0.1) is 12.7 Å². The number of benzene rings is 1. The van der Waals surface area contributed by atoms with Crippen molar-refractivity contribution in [3.05, 3.63) is 29.8 Å². The van der Waals surface area contributed by atoms with Crippen molar-refractivity contribution >= 4 is 29.0 Å². The number of hydrogen-bond acceptors (Lipinski definition) is 2. The van der Waals surface area contributed by atoms with Crippen molar-refractivity contribution in [1.29, 1.82) is 0 Å². The van der Waals surface area contributed by atoms with Crippen LogP contribution in [-0.2, 0) is 0 Å². The molecule has 1 rings (SSSR count). The first-order valence-electron chi connectivity index (χ1n) is 4.08. The molecule has 0 heterocycles. The Bertz CT molecular complexity index is 326. The number of methoxy groups -OCH3 is 1. The van der Waals surface area contributed by atoms with Gasteiger partial charge < -0.3 is 4.74 Å². The van der Waals surface area contributed by atoms with Crippen molar-refractivity contribution in [3.8, 4) is 5.75 Å². The Morgan fingerprint density at radius 2 is 2.14 bits per heavy atom. The standard InChI is InChI=1S/C10H10Cl2O2/c1-14-9-5-3-2-4-7(9)10(13)8(12)6-11/h2-5,8H,6H2,1H3. The lowest BCUT2D eigenvalue weighted by Crippen LogP contribution is -2.16. The number of ether oxygens (including phenoxy) is 1. The number of Topliss-reactive ketones (excluding diaryl/α,β-unsaturated/α-hetero) is 1. The van der Waals surface area contributed by atoms with E-state index in [0.717, 1.165) is 0 Å². The number of hydrogen-bond donors (Lipinski definition) is 0. The van der Waals surface area contributed by atoms with Gasteiger partial charge >= 0.3 is 0 Å². The second-order valence-corrected chi connectivity index (χ2v) is 3.52. The molecule has 0 bridgehead atoms. The zero-order chi connectivity index (χ0) is 10.6. The summed E-state index contributed by atoms with van der Waals surface area (Å²) < 4.78 is 5.04. The molecule has 1 aromatic rings. The summed E-state index contributed by atoms with van der Waals surface area (Å²) in [5, 5.41) is -0.701. The van der Waals surface area contributed by atoms with E-state index in [1.165, 1.54) is 7.11 Å². The van der Waals surface area contributed by atoms with E-state index < -0.39 is 5.38 Å². The number of carbonyl (C=O) groups is 1. The van der Waals surface area contributed by atoms with Gasteiger partial charge in [-0.2, -0.15) is 0 Å². The minimum Gasteiger partial charge on any atom is -0.496 e. The summed E-state index contributed by atoms with van der Waals surface area (Å²) in [6.07, 6.45) is 0. The van der Waals surface area contributed by atoms with Crippen LogP contribution in [0, 0.1) is 0 Å². The molecule has 0 aliphatic rings. The summed E-state index contributed by atoms with van der Waals surface area (Å²) in [6, 6.07) is 6.93. The first-order chi connectivity index (χ1) is 6.70. The molecular weight excluding hydrogens is 223 g/mol. The lowest BCUT2D eigenvalue weighted by Gasteiger charge is -2.08. The van der Waals surface area contributed by atoms with E-state index in [0.29, 0.717) is 11.3 Å². The number of halogens is 2. The normalized spacial score (nSPS) is 12.2. The van der Waals surface area contributed by atoms with Crippen molar-refractivity contribution in [1.82, 2.24) is 0 Å². The zero-order valence-corrected chi connectivity index (χ0v) is 9.18. The van der Waals surface area contributed by atoms with Gasteiger partial charge in [-0.3, -0.25) is 4.79 Å². The summed E-state index contributed by atoms with van der Waals surface area (Å²) in [5.74, 6) is 0.408. The van der Waals surface area contributed by atoms with Gasteiger partial charge in [-0.05, 0) is 12.1 Å². The van der Waals surface area contributed by atoms with Crippen molar-refractivity contribution in [2.75, 3.05) is 13.0 Å². The second-order valence-electron chi connectivity index (χ2n) is 2.69. The first-order valence-corrected chi connectivity index (χ1v) is 5.05. The highest BCUT2D eigenvalue weighted by molar-refractivity contribution is 6.38. The Morgan fingerprint density at radius 3 is 2.71 bits per heavy atom. The highest BCUT2D eigenvalue weighted by Gasteiger charge is 2.19. The first kappa shape index (κ1) is 11.3. The van der Waals surface area contributed by atoms with Gasteiger partial charge in [-0.15, -0.1) is 23.2 Å². The number of ketones is 1. The number of para-hydroxylation sites is 1. The molecular formula is C10H10Cl2O2. The summed E-state index contributed by atoms with van der Waals surface area (Å²) >= 11 is 11.2. The van der Waals surface area contributed by atoms with E-state index in [4.69, 9.17) is 27.9 Å². The topological polar surface area (TPSA) is 26.3 Å². The van der Waals surface area contributed by atoms with Crippen LogP contribution in [0.3, 0.4) is 0 Å². The highest BCUT2D eigenvalue weighted by atomic mass is 35.5. The average Bonchev–Trinajstić information content (AvgIpc) is 2.26. The third-order valence-electron chi connectivity index (χ3n) is 1.79. The van der Waals surface area contributed by atoms with Gasteiger partial charge in [-0.1, -0.05) is 12.1 Å². The predicted molar refractivity (Wildman–Crippen MR) is 57.7 cm³/mol. The van der Waals surface area contributed by atoms with Crippen LogP contribution in [0.15, 0.2) is 24.3 Å². The lowest BCUT2D eigenvalue weighted by atomic mass is 10.1. The molecule has 1 atom stereocenters. The maximum absolute atomic E-state index is 11.7. The van der Waals surface area contributed by atoms with E-state index in [9.17, 15) is 4.79 Å². The van der Waals surface area contributed by atoms with Crippen LogP contribution in [0.25, 0.3) is 0 Å². The summed E-state index contributed by atoms with van der Waals surface area (Å²) in [6.45, 7) is 0. The van der Waals surface area contributed by atoms with Crippen LogP contribution >= 0.6 is 23.2 Å². The molecule has 0 radical (unpaired) electrons. The van der Waals surface area contributed by atoms with Crippen LogP contribution in [0.2, 0.25) is 0 Å². The largest absolute Gasteiger partial charge is 0.496 e. The number of rotatable bonds is 4. The SMILES string of the molecule is COc1ccccc1C(=O)C(Cl)CCl. The minimum absolute atomic E-state index is 0.0957. The van der Waals surface area contributed by atoms with Crippen LogP contribution in [0.5, 0.6) is 5.75 Å². The maximum atomic E-state index is 11.7. The highest BCUT2D eigenvalue weighted by Crippen LogP contribution is 2.20. The van der Waals surface area contributed by atoms with Gasteiger partial charge in [0.2, 0.25) is 0 Å². The summed E-state index contributed by atoms with van der Waals surface area (Å²) in [4.78, 5) is 11.7. The number of alkyl halides is 2. The predicted octanol–water partition coefficient (Wildman–Crippen LogP) is 2.72. The fourth-order valence-corrected chi connectivity index (χ4v) is 1.34. The van der Waals surface area contributed by atoms with Crippen molar-refractivity contribution in [2.24, 2.45) is 0 Å². The smallest absolute Gasteiger partial charge is 0.185 e. The van der Waals surface area contributed by atoms with Gasteiger partial charge in [-0.25, -0.2) is 0 Å². The van der Waals surface area contributed by atoms with Gasteiger partial charge in [0.15, 0.2) is 5.78 Å². The molecule has 0 aliphatic heterocycles. The third kappa shape index (κ3) is 2.40. The Balaban J connectivity index is 3.00. The van der Waals surface area contributed by atoms with Crippen LogP contribution in [0.4, 0.5) is 0 Å². The fourth-order valence-electron chi connectivity index (χ4n) is 1.09. The molecule has 0 aliphatic carbocycles. The van der Waals surface area contributed by atoms with Crippen molar-refractivity contribution in [2.45, 2.75) is 5.38 Å². The molecule has 1 aromatic carbocycles. The van der Waals surface area contributed by atoms with E-state index in [-0.39, 0.29) is 11.7 Å². The molecule has 0 saturated heterocycles. The van der Waals surface area contributed by atoms with E-state index in [2.05, 4.69) is 0 Å². The van der Waals surface area contributed by atoms with Gasteiger partial charge in [0.25, 0.3) is 0 Å². The van der Waals surface area contributed by atoms with E-state index in [1.54, 1.807) is 24.3 Å². The molecule has 1 unspecified atom stereocenters. The van der Waals surface area contributed by atoms with E-state index >= 15 is 0 Å². The molecule has 14 heavy (non-hydrogen) atoms. The molecule has 0 saturated carbocycles. The van der Waals surface area contributed by atoms with E-state index in [1.807, 2.05) is 0 Å². The van der Waals surface area contributed by atoms with Crippen LogP contribution in [-0.4, -0.2) is 24.2 Å². The molecule has 2 nitrogen and oxygen atoms in total. The Labute approximate surface area is 92.8 Å². The molecule has 0 amide bonds. The van der Waals surface area contributed by atoms with Gasteiger partial charge in [0, 0.05) is 5.88 Å². The molecule has 76 valence electrons. The monoisotopic (exact) mass is 232 g/mol. The quantitative estimate of drug-likeness (QED) is 0.590. The van der Waals surface area contributed by atoms with Crippen molar-refractivity contribution < 1.29 is 9.53 Å². The number of carbonyl (C=O) groups excluding carboxylic acids is 1. The molecule has 0 aromatic heterocycles. The molecule has 0 N–H and O–H groups in total. The molecule has 4 heteroatoms. The lowest BCUT2D eigenvalue weighted by molar-refractivity contribution is 0.0990. The second kappa shape index (κ2) is 5.23. The summed E-state index contributed by atoms with van der Waals surface area (Å²) in [7, 11) is 1.51. The third-order valence-corrected chi connectivity index (χ3v) is 2.61. The zero-order valence-electron chi connectivity index (χ0n) is 7.67. The Hall–Kier alpha value is -0.730. The van der Waals surface area contributed by atoms with Gasteiger partial charge in [0.1, 0.15) is 11.1 Å². The fraction of sp³-hybridized carbons (Fsp3) is 0.300. The minimum atomic E-state index is -0.701. The average molecular weight is 233 g/mol. The molecule has 0 fully saturated rings. The van der Waals surface area contributed by atoms with Crippen LogP contribution in [0.1, 0.15) is 10.4 Å². The Morgan fingerprint density at radius 1 is 1.50 bits per heavy atom. The van der Waals surface area contributed by atoms with Crippen molar-refractivity contribution in [3.63, 3.8) is 0 Å². The summed E-state index contributed by atoms with van der Waals surface area (Å²) in [5.41, 5.74) is 0.468. The van der Waals surface area contributed by atoms with Crippen LogP contribution < -0.4 is 4.74 Å². The maximum Gasteiger partial charge on any atom is 0.185 e.